The van der Waals surface area contributed by atoms with Crippen LogP contribution in [0.5, 0.6) is 0 Å². The maximum Gasteiger partial charge on any atom is 0.306 e. The Kier molecular flexibility index (Phi) is 3.30. The van der Waals surface area contributed by atoms with Gasteiger partial charge in [-0.05, 0) is 30.9 Å². The molecule has 1 aliphatic rings. The van der Waals surface area contributed by atoms with E-state index in [1.807, 2.05) is 12.1 Å². The topological polar surface area (TPSA) is 63.3 Å². The van der Waals surface area contributed by atoms with E-state index < -0.39 is 5.97 Å². The highest BCUT2D eigenvalue weighted by Gasteiger charge is 2.28. The molecule has 0 fully saturated rings. The Morgan fingerprint density at radius 2 is 2.25 bits per heavy atom. The molecule has 3 rings (SSSR count). The quantitative estimate of drug-likeness (QED) is 0.932. The minimum atomic E-state index is -0.743. The summed E-state index contributed by atoms with van der Waals surface area (Å²) in [7, 11) is 0. The number of aryl methyl sites for hydroxylation is 2. The van der Waals surface area contributed by atoms with Crippen LogP contribution in [-0.2, 0) is 24.1 Å². The van der Waals surface area contributed by atoms with Gasteiger partial charge in [-0.3, -0.25) is 4.79 Å². The molecule has 1 aromatic carbocycles. The van der Waals surface area contributed by atoms with Gasteiger partial charge < -0.3 is 9.52 Å². The molecule has 1 heterocycles. The van der Waals surface area contributed by atoms with Crippen molar-refractivity contribution in [1.29, 1.82) is 0 Å². The number of fused-ring (bicyclic) bond motifs is 1. The zero-order valence-corrected chi connectivity index (χ0v) is 11.4. The lowest BCUT2D eigenvalue weighted by atomic mass is 9.91. The third-order valence-corrected chi connectivity index (χ3v) is 3.94. The number of carbonyl (C=O) groups is 1. The van der Waals surface area contributed by atoms with Crippen LogP contribution in [-0.4, -0.2) is 16.1 Å². The van der Waals surface area contributed by atoms with Gasteiger partial charge in [-0.15, -0.1) is 0 Å². The van der Waals surface area contributed by atoms with Crippen LogP contribution in [0.4, 0.5) is 0 Å². The molecule has 0 amide bonds. The number of rotatable bonds is 3. The van der Waals surface area contributed by atoms with Crippen molar-refractivity contribution in [1.82, 2.24) is 4.98 Å². The lowest BCUT2D eigenvalue weighted by molar-refractivity contribution is -0.142. The summed E-state index contributed by atoms with van der Waals surface area (Å²) in [6, 6.07) is 8.15. The summed E-state index contributed by atoms with van der Waals surface area (Å²) in [5.41, 5.74) is 3.35. The van der Waals surface area contributed by atoms with Gasteiger partial charge >= 0.3 is 5.97 Å². The molecule has 2 aromatic rings. The van der Waals surface area contributed by atoms with E-state index in [2.05, 4.69) is 24.0 Å². The van der Waals surface area contributed by atoms with E-state index in [9.17, 15) is 4.79 Å². The first-order valence-electron chi connectivity index (χ1n) is 6.88. The zero-order chi connectivity index (χ0) is 14.1. The lowest BCUT2D eigenvalue weighted by Gasteiger charge is -2.15. The largest absolute Gasteiger partial charge is 0.481 e. The van der Waals surface area contributed by atoms with E-state index in [1.54, 1.807) is 0 Å². The Balaban J connectivity index is 1.81. The summed E-state index contributed by atoms with van der Waals surface area (Å²) in [4.78, 5) is 15.6. The first kappa shape index (κ1) is 12.9. The first-order chi connectivity index (χ1) is 9.63. The smallest absolute Gasteiger partial charge is 0.306 e. The third-order valence-electron chi connectivity index (χ3n) is 3.94. The van der Waals surface area contributed by atoms with Crippen LogP contribution in [0.15, 0.2) is 28.7 Å². The fourth-order valence-electron chi connectivity index (χ4n) is 2.69. The first-order valence-corrected chi connectivity index (χ1v) is 6.88. The van der Waals surface area contributed by atoms with Crippen LogP contribution in [0.25, 0.3) is 0 Å². The van der Waals surface area contributed by atoms with Crippen molar-refractivity contribution in [3.8, 4) is 0 Å². The average molecular weight is 271 g/mol. The van der Waals surface area contributed by atoms with E-state index in [4.69, 9.17) is 9.52 Å². The summed E-state index contributed by atoms with van der Waals surface area (Å²) < 4.78 is 5.77. The number of oxazole rings is 1. The molecule has 0 saturated carbocycles. The van der Waals surface area contributed by atoms with E-state index in [0.29, 0.717) is 31.6 Å². The highest BCUT2D eigenvalue weighted by atomic mass is 16.4. The third kappa shape index (κ3) is 2.46. The van der Waals surface area contributed by atoms with Gasteiger partial charge in [-0.2, -0.15) is 0 Å². The fraction of sp³-hybridized carbons (Fsp3) is 0.375. The molecule has 1 aromatic heterocycles. The van der Waals surface area contributed by atoms with Gasteiger partial charge in [-0.25, -0.2) is 4.98 Å². The standard InChI is InChI=1S/C16H17NO3/c1-10-4-2-3-5-11(10)9-15-17-13-7-6-12(16(18)19)8-14(13)20-15/h2-5,12H,6-9H2,1H3,(H,18,19). The Hall–Kier alpha value is -2.10. The number of nitrogens with zero attached hydrogens (tertiary/aromatic N) is 1. The van der Waals surface area contributed by atoms with E-state index in [0.717, 1.165) is 11.5 Å². The Bertz CT molecular complexity index is 645. The maximum atomic E-state index is 11.0. The fourth-order valence-corrected chi connectivity index (χ4v) is 2.69. The van der Waals surface area contributed by atoms with Crippen molar-refractivity contribution < 1.29 is 14.3 Å². The number of carboxylic acids is 1. The molecule has 104 valence electrons. The van der Waals surface area contributed by atoms with Gasteiger partial charge in [0.25, 0.3) is 0 Å². The summed E-state index contributed by atoms with van der Waals surface area (Å²) >= 11 is 0. The molecule has 1 N–H and O–H groups in total. The molecular formula is C16H17NO3. The molecule has 4 heteroatoms. The average Bonchev–Trinajstić information content (AvgIpc) is 2.82. The van der Waals surface area contributed by atoms with E-state index in [1.165, 1.54) is 11.1 Å². The molecule has 1 aliphatic carbocycles. The SMILES string of the molecule is Cc1ccccc1Cc1nc2c(o1)CC(C(=O)O)CC2. The van der Waals surface area contributed by atoms with Gasteiger partial charge in [-0.1, -0.05) is 24.3 Å². The van der Waals surface area contributed by atoms with Crippen LogP contribution in [0.1, 0.15) is 34.9 Å². The van der Waals surface area contributed by atoms with Gasteiger partial charge in [0.1, 0.15) is 5.76 Å². The predicted molar refractivity (Wildman–Crippen MR) is 73.6 cm³/mol. The van der Waals surface area contributed by atoms with Gasteiger partial charge in [0, 0.05) is 12.8 Å². The van der Waals surface area contributed by atoms with Crippen molar-refractivity contribution in [2.24, 2.45) is 5.92 Å². The van der Waals surface area contributed by atoms with Crippen molar-refractivity contribution >= 4 is 5.97 Å². The van der Waals surface area contributed by atoms with Crippen LogP contribution < -0.4 is 0 Å². The molecule has 0 aliphatic heterocycles. The molecule has 0 saturated heterocycles. The maximum absolute atomic E-state index is 11.0. The molecule has 1 atom stereocenters. The summed E-state index contributed by atoms with van der Waals surface area (Å²) in [5, 5.41) is 9.08. The Morgan fingerprint density at radius 3 is 3.00 bits per heavy atom. The normalized spacial score (nSPS) is 17.8. The highest BCUT2D eigenvalue weighted by molar-refractivity contribution is 5.70. The second-order valence-corrected chi connectivity index (χ2v) is 5.36. The predicted octanol–water partition coefficient (Wildman–Crippen LogP) is 2.76. The van der Waals surface area contributed by atoms with Crippen LogP contribution >= 0.6 is 0 Å². The van der Waals surface area contributed by atoms with E-state index >= 15 is 0 Å². The number of aliphatic carboxylic acids is 1. The number of hydrogen-bond donors (Lipinski definition) is 1. The Morgan fingerprint density at radius 1 is 1.45 bits per heavy atom. The molecule has 0 spiro atoms. The molecule has 20 heavy (non-hydrogen) atoms. The molecular weight excluding hydrogens is 254 g/mol. The van der Waals surface area contributed by atoms with E-state index in [-0.39, 0.29) is 5.92 Å². The molecule has 1 unspecified atom stereocenters. The lowest BCUT2D eigenvalue weighted by Crippen LogP contribution is -2.21. The highest BCUT2D eigenvalue weighted by Crippen LogP contribution is 2.27. The number of benzene rings is 1. The summed E-state index contributed by atoms with van der Waals surface area (Å²) in [6.07, 6.45) is 2.48. The van der Waals surface area contributed by atoms with Crippen molar-refractivity contribution in [2.45, 2.75) is 32.6 Å². The number of carboxylic acid groups (broad SMARTS) is 1. The number of hydrogen-bond acceptors (Lipinski definition) is 3. The minimum Gasteiger partial charge on any atom is -0.481 e. The van der Waals surface area contributed by atoms with Crippen LogP contribution in [0, 0.1) is 12.8 Å². The second-order valence-electron chi connectivity index (χ2n) is 5.36. The molecule has 4 nitrogen and oxygen atoms in total. The van der Waals surface area contributed by atoms with Crippen molar-refractivity contribution in [3.63, 3.8) is 0 Å². The van der Waals surface area contributed by atoms with Gasteiger partial charge in [0.15, 0.2) is 5.89 Å². The Labute approximate surface area is 117 Å². The second kappa shape index (κ2) is 5.12. The summed E-state index contributed by atoms with van der Waals surface area (Å²) in [5.74, 6) is 0.372. The van der Waals surface area contributed by atoms with Crippen LogP contribution in [0.2, 0.25) is 0 Å². The van der Waals surface area contributed by atoms with Crippen molar-refractivity contribution in [2.75, 3.05) is 0 Å². The van der Waals surface area contributed by atoms with Gasteiger partial charge in [0.05, 0.1) is 11.6 Å². The monoisotopic (exact) mass is 271 g/mol. The molecule has 0 radical (unpaired) electrons. The van der Waals surface area contributed by atoms with Gasteiger partial charge in [0.2, 0.25) is 0 Å². The summed E-state index contributed by atoms with van der Waals surface area (Å²) in [6.45, 7) is 2.07. The molecule has 0 bridgehead atoms. The van der Waals surface area contributed by atoms with Crippen molar-refractivity contribution in [3.05, 3.63) is 52.7 Å². The number of aromatic nitrogens is 1. The zero-order valence-electron chi connectivity index (χ0n) is 11.4. The minimum absolute atomic E-state index is 0.332. The van der Waals surface area contributed by atoms with Crippen LogP contribution in [0.3, 0.4) is 0 Å².